The number of benzene rings is 1. The molecule has 3 heteroatoms. The summed E-state index contributed by atoms with van der Waals surface area (Å²) >= 11 is 5.91. The molecular formula is C15H25ClN2. The third-order valence-corrected chi connectivity index (χ3v) is 3.84. The Kier molecular flexibility index (Phi) is 6.69. The third-order valence-electron chi connectivity index (χ3n) is 3.58. The first kappa shape index (κ1) is 15.5. The lowest BCUT2D eigenvalue weighted by molar-refractivity contribution is 0.257. The Morgan fingerprint density at radius 2 is 1.83 bits per heavy atom. The minimum Gasteiger partial charge on any atom is -0.313 e. The van der Waals surface area contributed by atoms with E-state index in [-0.39, 0.29) is 0 Å². The second-order valence-electron chi connectivity index (χ2n) is 4.97. The monoisotopic (exact) mass is 268 g/mol. The second kappa shape index (κ2) is 7.78. The van der Waals surface area contributed by atoms with Gasteiger partial charge in [-0.1, -0.05) is 30.7 Å². The van der Waals surface area contributed by atoms with E-state index in [9.17, 15) is 0 Å². The molecular weight excluding hydrogens is 244 g/mol. The van der Waals surface area contributed by atoms with Crippen LogP contribution in [0.15, 0.2) is 24.3 Å². The first-order valence-electron chi connectivity index (χ1n) is 6.73. The van der Waals surface area contributed by atoms with Crippen LogP contribution in [0.25, 0.3) is 0 Å². The standard InChI is InChI=1S/C15H25ClN2/c1-5-12(2)17-10-11-18(4)13(3)14-6-8-15(16)9-7-14/h6-9,12-13,17H,5,10-11H2,1-4H3. The molecule has 0 aliphatic carbocycles. The van der Waals surface area contributed by atoms with Crippen LogP contribution in [0.1, 0.15) is 38.8 Å². The van der Waals surface area contributed by atoms with Gasteiger partial charge in [-0.25, -0.2) is 0 Å². The first-order valence-corrected chi connectivity index (χ1v) is 7.11. The van der Waals surface area contributed by atoms with Crippen molar-refractivity contribution in [2.75, 3.05) is 20.1 Å². The fourth-order valence-electron chi connectivity index (χ4n) is 1.82. The average Bonchev–Trinajstić information content (AvgIpc) is 2.38. The van der Waals surface area contributed by atoms with E-state index in [1.165, 1.54) is 12.0 Å². The van der Waals surface area contributed by atoms with Gasteiger partial charge in [0.15, 0.2) is 0 Å². The third kappa shape index (κ3) is 4.97. The van der Waals surface area contributed by atoms with Gasteiger partial charge < -0.3 is 5.32 Å². The van der Waals surface area contributed by atoms with E-state index >= 15 is 0 Å². The molecule has 0 spiro atoms. The average molecular weight is 269 g/mol. The van der Waals surface area contributed by atoms with Crippen molar-refractivity contribution in [1.82, 2.24) is 10.2 Å². The molecule has 102 valence electrons. The van der Waals surface area contributed by atoms with E-state index < -0.39 is 0 Å². The van der Waals surface area contributed by atoms with Crippen molar-refractivity contribution in [3.05, 3.63) is 34.9 Å². The first-order chi connectivity index (χ1) is 8.54. The van der Waals surface area contributed by atoms with Gasteiger partial charge in [0, 0.05) is 30.2 Å². The predicted octanol–water partition coefficient (Wildman–Crippen LogP) is 3.72. The predicted molar refractivity (Wildman–Crippen MR) is 80.3 cm³/mol. The van der Waals surface area contributed by atoms with Crippen LogP contribution < -0.4 is 5.32 Å². The van der Waals surface area contributed by atoms with Crippen LogP contribution in [-0.4, -0.2) is 31.1 Å². The lowest BCUT2D eigenvalue weighted by Gasteiger charge is -2.26. The summed E-state index contributed by atoms with van der Waals surface area (Å²) in [5.74, 6) is 0. The molecule has 1 aromatic rings. The molecule has 1 rings (SSSR count). The number of halogens is 1. The molecule has 2 atom stereocenters. The summed E-state index contributed by atoms with van der Waals surface area (Å²) in [7, 11) is 2.16. The zero-order valence-electron chi connectivity index (χ0n) is 11.9. The zero-order chi connectivity index (χ0) is 13.5. The molecule has 1 aromatic carbocycles. The van der Waals surface area contributed by atoms with E-state index in [2.05, 4.69) is 50.2 Å². The number of nitrogens with one attached hydrogen (secondary N) is 1. The molecule has 1 N–H and O–H groups in total. The highest BCUT2D eigenvalue weighted by molar-refractivity contribution is 6.30. The number of rotatable bonds is 7. The summed E-state index contributed by atoms with van der Waals surface area (Å²) in [6.45, 7) is 8.74. The summed E-state index contributed by atoms with van der Waals surface area (Å²) in [6.07, 6.45) is 1.18. The van der Waals surface area contributed by atoms with Crippen LogP contribution >= 0.6 is 11.6 Å². The quantitative estimate of drug-likeness (QED) is 0.811. The second-order valence-corrected chi connectivity index (χ2v) is 5.41. The number of hydrogen-bond donors (Lipinski definition) is 1. The number of likely N-dealkylation sites (N-methyl/N-ethyl adjacent to an activating group) is 1. The smallest absolute Gasteiger partial charge is 0.0406 e. The Hall–Kier alpha value is -0.570. The highest BCUT2D eigenvalue weighted by Crippen LogP contribution is 2.20. The van der Waals surface area contributed by atoms with Crippen LogP contribution in [0.5, 0.6) is 0 Å². The van der Waals surface area contributed by atoms with Crippen molar-refractivity contribution >= 4 is 11.6 Å². The van der Waals surface area contributed by atoms with Crippen molar-refractivity contribution in [3.63, 3.8) is 0 Å². The maximum Gasteiger partial charge on any atom is 0.0406 e. The summed E-state index contributed by atoms with van der Waals surface area (Å²) in [4.78, 5) is 2.36. The molecule has 2 nitrogen and oxygen atoms in total. The number of hydrogen-bond acceptors (Lipinski definition) is 2. The molecule has 0 heterocycles. The van der Waals surface area contributed by atoms with E-state index in [1.54, 1.807) is 0 Å². The van der Waals surface area contributed by atoms with E-state index in [4.69, 9.17) is 11.6 Å². The Bertz CT molecular complexity index is 337. The van der Waals surface area contributed by atoms with Crippen molar-refractivity contribution in [2.45, 2.75) is 39.3 Å². The summed E-state index contributed by atoms with van der Waals surface area (Å²) in [6, 6.07) is 9.14. The van der Waals surface area contributed by atoms with Crippen LogP contribution in [0.4, 0.5) is 0 Å². The van der Waals surface area contributed by atoms with Gasteiger partial charge in [0.1, 0.15) is 0 Å². The van der Waals surface area contributed by atoms with Crippen LogP contribution in [0.2, 0.25) is 5.02 Å². The van der Waals surface area contributed by atoms with Gasteiger partial charge in [-0.3, -0.25) is 4.90 Å². The van der Waals surface area contributed by atoms with Gasteiger partial charge in [-0.05, 0) is 45.0 Å². The molecule has 0 fully saturated rings. The lowest BCUT2D eigenvalue weighted by atomic mass is 10.1. The van der Waals surface area contributed by atoms with Crippen molar-refractivity contribution in [1.29, 1.82) is 0 Å². The maximum atomic E-state index is 5.91. The molecule has 0 saturated heterocycles. The SMILES string of the molecule is CCC(C)NCCN(C)C(C)c1ccc(Cl)cc1. The largest absolute Gasteiger partial charge is 0.313 e. The fraction of sp³-hybridized carbons (Fsp3) is 0.600. The lowest BCUT2D eigenvalue weighted by Crippen LogP contribution is -2.35. The molecule has 0 saturated carbocycles. The molecule has 0 aromatic heterocycles. The van der Waals surface area contributed by atoms with Crippen molar-refractivity contribution in [3.8, 4) is 0 Å². The molecule has 0 aliphatic heterocycles. The zero-order valence-corrected chi connectivity index (χ0v) is 12.7. The fourth-order valence-corrected chi connectivity index (χ4v) is 1.95. The minimum absolute atomic E-state index is 0.418. The molecule has 0 aliphatic rings. The van der Waals surface area contributed by atoms with Gasteiger partial charge in [0.2, 0.25) is 0 Å². The molecule has 0 bridgehead atoms. The Morgan fingerprint density at radius 1 is 1.22 bits per heavy atom. The van der Waals surface area contributed by atoms with Crippen molar-refractivity contribution < 1.29 is 0 Å². The highest BCUT2D eigenvalue weighted by atomic mass is 35.5. The van der Waals surface area contributed by atoms with Gasteiger partial charge >= 0.3 is 0 Å². The van der Waals surface area contributed by atoms with Gasteiger partial charge in [0.05, 0.1) is 0 Å². The van der Waals surface area contributed by atoms with E-state index in [1.807, 2.05) is 12.1 Å². The molecule has 2 unspecified atom stereocenters. The van der Waals surface area contributed by atoms with Crippen molar-refractivity contribution in [2.24, 2.45) is 0 Å². The maximum absolute atomic E-state index is 5.91. The van der Waals surface area contributed by atoms with Crippen LogP contribution in [0, 0.1) is 0 Å². The van der Waals surface area contributed by atoms with Gasteiger partial charge in [0.25, 0.3) is 0 Å². The van der Waals surface area contributed by atoms with Crippen LogP contribution in [-0.2, 0) is 0 Å². The topological polar surface area (TPSA) is 15.3 Å². The summed E-state index contributed by atoms with van der Waals surface area (Å²) in [5, 5.41) is 4.31. The number of nitrogens with zero attached hydrogens (tertiary/aromatic N) is 1. The molecule has 18 heavy (non-hydrogen) atoms. The Labute approximate surface area is 116 Å². The van der Waals surface area contributed by atoms with Gasteiger partial charge in [-0.15, -0.1) is 0 Å². The molecule has 0 radical (unpaired) electrons. The highest BCUT2D eigenvalue weighted by Gasteiger charge is 2.11. The van der Waals surface area contributed by atoms with Gasteiger partial charge in [-0.2, -0.15) is 0 Å². The molecule has 0 amide bonds. The van der Waals surface area contributed by atoms with Crippen LogP contribution in [0.3, 0.4) is 0 Å². The van der Waals surface area contributed by atoms with E-state index in [0.29, 0.717) is 12.1 Å². The normalized spacial score (nSPS) is 14.8. The van der Waals surface area contributed by atoms with E-state index in [0.717, 1.165) is 18.1 Å². The summed E-state index contributed by atoms with van der Waals surface area (Å²) in [5.41, 5.74) is 1.31. The Balaban J connectivity index is 2.41. The minimum atomic E-state index is 0.418. The Morgan fingerprint density at radius 3 is 2.39 bits per heavy atom. The summed E-state index contributed by atoms with van der Waals surface area (Å²) < 4.78 is 0.